The average molecular weight is 488 g/mol. The molecule has 188 valence electrons. The summed E-state index contributed by atoms with van der Waals surface area (Å²) in [6.45, 7) is 5.55. The highest BCUT2D eigenvalue weighted by molar-refractivity contribution is 5.53. The summed E-state index contributed by atoms with van der Waals surface area (Å²) in [5, 5.41) is 3.21. The molecule has 1 aromatic heterocycles. The molecule has 35 heavy (non-hydrogen) atoms. The van der Waals surface area contributed by atoms with Gasteiger partial charge >= 0.3 is 6.18 Å². The zero-order valence-electron chi connectivity index (χ0n) is 20.6. The number of nitrogens with one attached hydrogen (secondary N) is 1. The number of terminal acetylenes is 1. The minimum absolute atomic E-state index is 0.0638. The van der Waals surface area contributed by atoms with Crippen molar-refractivity contribution >= 4 is 5.82 Å². The largest absolute Gasteiger partial charge is 0.419 e. The molecule has 4 atom stereocenters. The number of aromatic nitrogens is 2. The molecule has 7 heteroatoms. The lowest BCUT2D eigenvalue weighted by Crippen LogP contribution is -2.18. The van der Waals surface area contributed by atoms with E-state index in [4.69, 9.17) is 11.4 Å². The summed E-state index contributed by atoms with van der Waals surface area (Å²) in [7, 11) is 0. The first-order chi connectivity index (χ1) is 16.7. The molecule has 2 aliphatic rings. The Hall–Kier alpha value is -2.62. The normalized spacial score (nSPS) is 22.9. The van der Waals surface area contributed by atoms with E-state index < -0.39 is 23.6 Å². The monoisotopic (exact) mass is 487 g/mol. The van der Waals surface area contributed by atoms with Crippen molar-refractivity contribution in [2.24, 2.45) is 17.8 Å². The van der Waals surface area contributed by atoms with Crippen molar-refractivity contribution in [3.63, 3.8) is 0 Å². The summed E-state index contributed by atoms with van der Waals surface area (Å²) in [6.07, 6.45) is 8.56. The molecular weight excluding hydrogens is 454 g/mol. The molecule has 3 nitrogen and oxygen atoms in total. The van der Waals surface area contributed by atoms with Crippen LogP contribution in [0.3, 0.4) is 0 Å². The first-order valence-corrected chi connectivity index (χ1v) is 12.6. The lowest BCUT2D eigenvalue weighted by molar-refractivity contribution is -0.140. The van der Waals surface area contributed by atoms with Crippen molar-refractivity contribution in [1.82, 2.24) is 9.97 Å². The van der Waals surface area contributed by atoms with Gasteiger partial charge in [-0.1, -0.05) is 44.2 Å². The van der Waals surface area contributed by atoms with Crippen molar-refractivity contribution < 1.29 is 17.6 Å². The summed E-state index contributed by atoms with van der Waals surface area (Å²) in [5.41, 5.74) is 0.435. The van der Waals surface area contributed by atoms with E-state index in [-0.39, 0.29) is 11.5 Å². The Morgan fingerprint density at radius 3 is 2.54 bits per heavy atom. The van der Waals surface area contributed by atoms with E-state index in [1.165, 1.54) is 31.4 Å². The predicted octanol–water partition coefficient (Wildman–Crippen LogP) is 7.61. The van der Waals surface area contributed by atoms with Gasteiger partial charge in [0.05, 0.1) is 23.2 Å². The topological polar surface area (TPSA) is 37.8 Å². The van der Waals surface area contributed by atoms with E-state index in [0.29, 0.717) is 17.6 Å². The van der Waals surface area contributed by atoms with Gasteiger partial charge in [0.25, 0.3) is 0 Å². The number of rotatable bonds is 9. The third-order valence-electron chi connectivity index (χ3n) is 7.70. The van der Waals surface area contributed by atoms with Crippen LogP contribution in [0.15, 0.2) is 18.2 Å². The van der Waals surface area contributed by atoms with Gasteiger partial charge in [-0.15, -0.1) is 6.42 Å². The summed E-state index contributed by atoms with van der Waals surface area (Å²) >= 11 is 0. The number of nitrogens with zero attached hydrogens (tertiary/aromatic N) is 2. The van der Waals surface area contributed by atoms with Gasteiger partial charge in [0.1, 0.15) is 17.5 Å². The van der Waals surface area contributed by atoms with Crippen LogP contribution in [-0.2, 0) is 12.6 Å². The first-order valence-electron chi connectivity index (χ1n) is 12.6. The van der Waals surface area contributed by atoms with Gasteiger partial charge in [-0.05, 0) is 63.4 Å². The molecule has 0 bridgehead atoms. The Bertz CT molecular complexity index is 1090. The van der Waals surface area contributed by atoms with Crippen LogP contribution in [0, 0.1) is 42.8 Å². The third-order valence-corrected chi connectivity index (χ3v) is 7.70. The van der Waals surface area contributed by atoms with Gasteiger partial charge in [-0.3, -0.25) is 0 Å². The summed E-state index contributed by atoms with van der Waals surface area (Å²) in [6, 6.07) is 2.62. The standard InChI is InChI=1S/C28H33F4N3/c1-5-7-10-18(6-2)25-24(15-22-20-12-8-13-21(20)22)34-17(4)35-27(25)33-16(3)19-11-9-14-23(26(19)29)28(30,31)32/h2,9,11,14,16,18,20-22H,5,7-8,10,12-13,15H2,1,3-4H3,(H,33,34,35). The molecule has 1 aromatic carbocycles. The molecule has 2 saturated carbocycles. The number of unbranched alkanes of at least 4 members (excludes halogenated alkanes) is 1. The molecule has 0 spiro atoms. The lowest BCUT2D eigenvalue weighted by atomic mass is 9.90. The van der Waals surface area contributed by atoms with E-state index in [1.54, 1.807) is 13.8 Å². The van der Waals surface area contributed by atoms with E-state index in [9.17, 15) is 17.6 Å². The fourth-order valence-electron chi connectivity index (χ4n) is 5.87. The van der Waals surface area contributed by atoms with Crippen molar-refractivity contribution in [2.45, 2.75) is 83.9 Å². The van der Waals surface area contributed by atoms with Crippen molar-refractivity contribution in [1.29, 1.82) is 0 Å². The van der Waals surface area contributed by atoms with Crippen LogP contribution >= 0.6 is 0 Å². The number of fused-ring (bicyclic) bond motifs is 1. The number of halogens is 4. The fourth-order valence-corrected chi connectivity index (χ4v) is 5.87. The minimum atomic E-state index is -4.76. The fraction of sp³-hybridized carbons (Fsp3) is 0.571. The Morgan fingerprint density at radius 2 is 1.91 bits per heavy atom. The number of anilines is 1. The van der Waals surface area contributed by atoms with E-state index in [1.807, 2.05) is 0 Å². The molecule has 4 rings (SSSR count). The van der Waals surface area contributed by atoms with Gasteiger partial charge < -0.3 is 5.32 Å². The van der Waals surface area contributed by atoms with Crippen molar-refractivity contribution in [2.75, 3.05) is 5.32 Å². The highest BCUT2D eigenvalue weighted by atomic mass is 19.4. The number of hydrogen-bond donors (Lipinski definition) is 1. The maximum atomic E-state index is 14.9. The zero-order chi connectivity index (χ0) is 25.3. The minimum Gasteiger partial charge on any atom is -0.363 e. The average Bonchev–Trinajstić information content (AvgIpc) is 3.20. The van der Waals surface area contributed by atoms with Gasteiger partial charge in [-0.2, -0.15) is 13.2 Å². The summed E-state index contributed by atoms with van der Waals surface area (Å²) in [4.78, 5) is 9.41. The molecular formula is C28H33F4N3. The smallest absolute Gasteiger partial charge is 0.363 e. The van der Waals surface area contributed by atoms with Crippen molar-refractivity contribution in [3.05, 3.63) is 52.2 Å². The SMILES string of the molecule is C#CC(CCCC)c1c(CC2C3CCCC32)nc(C)nc1NC(C)c1cccc(C(F)(F)F)c1F. The quantitative estimate of drug-likeness (QED) is 0.292. The van der Waals surface area contributed by atoms with Crippen LogP contribution in [0.4, 0.5) is 23.4 Å². The molecule has 1 heterocycles. The van der Waals surface area contributed by atoms with Crippen LogP contribution in [0.2, 0.25) is 0 Å². The molecule has 0 amide bonds. The Balaban J connectivity index is 1.70. The highest BCUT2D eigenvalue weighted by Crippen LogP contribution is 2.59. The molecule has 0 saturated heterocycles. The van der Waals surface area contributed by atoms with Crippen LogP contribution in [0.25, 0.3) is 0 Å². The number of benzene rings is 1. The highest BCUT2D eigenvalue weighted by Gasteiger charge is 2.52. The van der Waals surface area contributed by atoms with Gasteiger partial charge in [0.2, 0.25) is 0 Å². The van der Waals surface area contributed by atoms with Crippen LogP contribution < -0.4 is 5.32 Å². The molecule has 1 N–H and O–H groups in total. The number of alkyl halides is 3. The third kappa shape index (κ3) is 5.32. The maximum Gasteiger partial charge on any atom is 0.419 e. The second kappa shape index (κ2) is 10.2. The summed E-state index contributed by atoms with van der Waals surface area (Å²) < 4.78 is 54.7. The van der Waals surface area contributed by atoms with E-state index in [2.05, 4.69) is 23.1 Å². The van der Waals surface area contributed by atoms with Crippen molar-refractivity contribution in [3.8, 4) is 12.3 Å². The maximum absolute atomic E-state index is 14.9. The molecule has 0 aliphatic heterocycles. The summed E-state index contributed by atoms with van der Waals surface area (Å²) in [5.74, 6) is 4.61. The molecule has 2 fully saturated rings. The Kier molecular flexibility index (Phi) is 7.40. The van der Waals surface area contributed by atoms with Gasteiger partial charge in [0, 0.05) is 11.1 Å². The Labute approximate surface area is 205 Å². The second-order valence-corrected chi connectivity index (χ2v) is 10.0. The predicted molar refractivity (Wildman–Crippen MR) is 129 cm³/mol. The molecule has 4 unspecified atom stereocenters. The first kappa shape index (κ1) is 25.5. The van der Waals surface area contributed by atoms with Gasteiger partial charge in [-0.25, -0.2) is 14.4 Å². The number of hydrogen-bond acceptors (Lipinski definition) is 3. The van der Waals surface area contributed by atoms with E-state index >= 15 is 0 Å². The van der Waals surface area contributed by atoms with E-state index in [0.717, 1.165) is 54.8 Å². The number of aryl methyl sites for hydroxylation is 1. The molecule has 2 aromatic rings. The zero-order valence-corrected chi connectivity index (χ0v) is 20.6. The Morgan fingerprint density at radius 1 is 1.20 bits per heavy atom. The lowest BCUT2D eigenvalue weighted by Gasteiger charge is -2.24. The van der Waals surface area contributed by atoms with Crippen LogP contribution in [0.1, 0.15) is 92.5 Å². The molecule has 0 radical (unpaired) electrons. The second-order valence-electron chi connectivity index (χ2n) is 10.0. The van der Waals surface area contributed by atoms with Crippen LogP contribution in [-0.4, -0.2) is 9.97 Å². The molecule has 2 aliphatic carbocycles. The van der Waals surface area contributed by atoms with Crippen LogP contribution in [0.5, 0.6) is 0 Å². The van der Waals surface area contributed by atoms with Gasteiger partial charge in [0.15, 0.2) is 0 Å².